The van der Waals surface area contributed by atoms with E-state index < -0.39 is 5.97 Å². The average Bonchev–Trinajstić information content (AvgIpc) is 2.64. The molecule has 1 saturated carbocycles. The standard InChI is InChI=1S/C19H20ClN3O4/c20-15-3-1-2-4-16(15)27-17-11-14(9-10-21-17)23-19(26)22-13-7-5-12(6-8-13)18(24)25/h1-4,9-13H,5-8H2,(H,24,25)(H2,21,22,23,26). The van der Waals surface area contributed by atoms with Gasteiger partial charge in [-0.2, -0.15) is 0 Å². The number of pyridine rings is 1. The molecule has 0 aliphatic heterocycles. The van der Waals surface area contributed by atoms with E-state index in [9.17, 15) is 9.59 Å². The Labute approximate surface area is 161 Å². The summed E-state index contributed by atoms with van der Waals surface area (Å²) >= 11 is 6.07. The molecule has 7 nitrogen and oxygen atoms in total. The minimum absolute atomic E-state index is 0.0266. The number of anilines is 1. The van der Waals surface area contributed by atoms with Gasteiger partial charge in [0.2, 0.25) is 5.88 Å². The van der Waals surface area contributed by atoms with Crippen LogP contribution in [0.15, 0.2) is 42.6 Å². The number of nitrogens with zero attached hydrogens (tertiary/aromatic N) is 1. The Morgan fingerprint density at radius 3 is 2.59 bits per heavy atom. The summed E-state index contributed by atoms with van der Waals surface area (Å²) in [5, 5.41) is 15.1. The molecule has 0 bridgehead atoms. The van der Waals surface area contributed by atoms with Crippen LogP contribution in [0.5, 0.6) is 11.6 Å². The van der Waals surface area contributed by atoms with Gasteiger partial charge in [-0.15, -0.1) is 0 Å². The second-order valence-electron chi connectivity index (χ2n) is 6.40. The summed E-state index contributed by atoms with van der Waals surface area (Å²) < 4.78 is 5.65. The quantitative estimate of drug-likeness (QED) is 0.708. The zero-order chi connectivity index (χ0) is 19.2. The van der Waals surface area contributed by atoms with Crippen LogP contribution in [0, 0.1) is 5.92 Å². The van der Waals surface area contributed by atoms with Crippen molar-refractivity contribution in [3.05, 3.63) is 47.6 Å². The molecule has 3 rings (SSSR count). The molecule has 0 spiro atoms. The number of halogens is 1. The summed E-state index contributed by atoms with van der Waals surface area (Å²) in [6.07, 6.45) is 3.99. The minimum Gasteiger partial charge on any atom is -0.481 e. The smallest absolute Gasteiger partial charge is 0.319 e. The molecule has 2 aromatic rings. The first-order valence-electron chi connectivity index (χ1n) is 8.70. The molecule has 0 saturated heterocycles. The van der Waals surface area contributed by atoms with Crippen LogP contribution in [0.25, 0.3) is 0 Å². The van der Waals surface area contributed by atoms with Crippen LogP contribution in [0.4, 0.5) is 10.5 Å². The van der Waals surface area contributed by atoms with Gasteiger partial charge in [-0.1, -0.05) is 23.7 Å². The number of amides is 2. The van der Waals surface area contributed by atoms with Crippen LogP contribution in [0.3, 0.4) is 0 Å². The van der Waals surface area contributed by atoms with E-state index >= 15 is 0 Å². The molecule has 0 radical (unpaired) electrons. The molecule has 1 fully saturated rings. The molecule has 1 aromatic heterocycles. The molecule has 2 amide bonds. The number of aromatic nitrogens is 1. The molecule has 8 heteroatoms. The maximum atomic E-state index is 12.2. The van der Waals surface area contributed by atoms with Gasteiger partial charge < -0.3 is 20.5 Å². The lowest BCUT2D eigenvalue weighted by Crippen LogP contribution is -2.40. The highest BCUT2D eigenvalue weighted by atomic mass is 35.5. The fourth-order valence-electron chi connectivity index (χ4n) is 3.02. The van der Waals surface area contributed by atoms with Crippen molar-refractivity contribution in [3.8, 4) is 11.6 Å². The summed E-state index contributed by atoms with van der Waals surface area (Å²) in [6.45, 7) is 0. The molecule has 142 valence electrons. The number of benzene rings is 1. The number of urea groups is 1. The number of carboxylic acids is 1. The van der Waals surface area contributed by atoms with Crippen molar-refractivity contribution in [1.82, 2.24) is 10.3 Å². The van der Waals surface area contributed by atoms with Crippen molar-refractivity contribution in [2.24, 2.45) is 5.92 Å². The van der Waals surface area contributed by atoms with Gasteiger partial charge in [-0.05, 0) is 43.9 Å². The van der Waals surface area contributed by atoms with Crippen molar-refractivity contribution in [2.75, 3.05) is 5.32 Å². The highest BCUT2D eigenvalue weighted by molar-refractivity contribution is 6.32. The van der Waals surface area contributed by atoms with Crippen LogP contribution in [0.2, 0.25) is 5.02 Å². The number of hydrogen-bond acceptors (Lipinski definition) is 4. The molecule has 0 unspecified atom stereocenters. The lowest BCUT2D eigenvalue weighted by atomic mass is 9.86. The van der Waals surface area contributed by atoms with E-state index in [0.717, 1.165) is 0 Å². The van der Waals surface area contributed by atoms with Crippen LogP contribution >= 0.6 is 11.6 Å². The number of rotatable bonds is 5. The first-order chi connectivity index (χ1) is 13.0. The van der Waals surface area contributed by atoms with Crippen molar-refractivity contribution >= 4 is 29.3 Å². The summed E-state index contributed by atoms with van der Waals surface area (Å²) in [5.41, 5.74) is 0.531. The number of para-hydroxylation sites is 1. The highest BCUT2D eigenvalue weighted by Gasteiger charge is 2.26. The average molecular weight is 390 g/mol. The van der Waals surface area contributed by atoms with Gasteiger partial charge in [-0.25, -0.2) is 9.78 Å². The largest absolute Gasteiger partial charge is 0.481 e. The molecule has 3 N–H and O–H groups in total. The number of carbonyl (C=O) groups is 2. The maximum Gasteiger partial charge on any atom is 0.319 e. The first kappa shape index (κ1) is 19.0. The SMILES string of the molecule is O=C(Nc1ccnc(Oc2ccccc2Cl)c1)NC1CCC(C(=O)O)CC1. The third kappa shape index (κ3) is 5.34. The third-order valence-electron chi connectivity index (χ3n) is 4.46. The van der Waals surface area contributed by atoms with Gasteiger partial charge in [0, 0.05) is 24.0 Å². The van der Waals surface area contributed by atoms with Gasteiger partial charge in [-0.3, -0.25) is 4.79 Å². The van der Waals surface area contributed by atoms with Crippen molar-refractivity contribution in [2.45, 2.75) is 31.7 Å². The number of ether oxygens (including phenoxy) is 1. The van der Waals surface area contributed by atoms with E-state index in [1.807, 2.05) is 0 Å². The van der Waals surface area contributed by atoms with Crippen molar-refractivity contribution in [3.63, 3.8) is 0 Å². The number of nitrogens with one attached hydrogen (secondary N) is 2. The summed E-state index contributed by atoms with van der Waals surface area (Å²) in [7, 11) is 0. The van der Waals surface area contributed by atoms with E-state index in [1.54, 1.807) is 36.4 Å². The maximum absolute atomic E-state index is 12.2. The summed E-state index contributed by atoms with van der Waals surface area (Å²) in [6, 6.07) is 9.93. The fraction of sp³-hybridized carbons (Fsp3) is 0.316. The molecule has 1 aliphatic rings. The molecular weight excluding hydrogens is 370 g/mol. The van der Waals surface area contributed by atoms with E-state index in [-0.39, 0.29) is 18.0 Å². The number of hydrogen-bond donors (Lipinski definition) is 3. The van der Waals surface area contributed by atoms with E-state index in [2.05, 4.69) is 15.6 Å². The van der Waals surface area contributed by atoms with E-state index in [1.165, 1.54) is 6.20 Å². The van der Waals surface area contributed by atoms with Gasteiger partial charge in [0.15, 0.2) is 0 Å². The minimum atomic E-state index is -0.763. The van der Waals surface area contributed by atoms with Crippen LogP contribution in [0.1, 0.15) is 25.7 Å². The van der Waals surface area contributed by atoms with Crippen LogP contribution in [-0.4, -0.2) is 28.1 Å². The second kappa shape index (κ2) is 8.73. The Morgan fingerprint density at radius 1 is 1.15 bits per heavy atom. The number of carboxylic acid groups (broad SMARTS) is 1. The predicted octanol–water partition coefficient (Wildman–Crippen LogP) is 4.29. The van der Waals surface area contributed by atoms with Crippen LogP contribution < -0.4 is 15.4 Å². The van der Waals surface area contributed by atoms with E-state index in [4.69, 9.17) is 21.4 Å². The molecule has 1 heterocycles. The van der Waals surface area contributed by atoms with Gasteiger partial charge >= 0.3 is 12.0 Å². The lowest BCUT2D eigenvalue weighted by Gasteiger charge is -2.26. The summed E-state index contributed by atoms with van der Waals surface area (Å²) in [4.78, 5) is 27.3. The number of aliphatic carboxylic acids is 1. The summed E-state index contributed by atoms with van der Waals surface area (Å²) in [5.74, 6) is -0.289. The molecular formula is C19H20ClN3O4. The molecule has 27 heavy (non-hydrogen) atoms. The normalized spacial score (nSPS) is 19.1. The topological polar surface area (TPSA) is 101 Å². The van der Waals surface area contributed by atoms with Crippen molar-refractivity contribution < 1.29 is 19.4 Å². The highest BCUT2D eigenvalue weighted by Crippen LogP contribution is 2.29. The molecule has 0 atom stereocenters. The van der Waals surface area contributed by atoms with Crippen LogP contribution in [-0.2, 0) is 4.79 Å². The monoisotopic (exact) mass is 389 g/mol. The Bertz CT molecular complexity index is 822. The van der Waals surface area contributed by atoms with Crippen molar-refractivity contribution in [1.29, 1.82) is 0 Å². The second-order valence-corrected chi connectivity index (χ2v) is 6.81. The zero-order valence-corrected chi connectivity index (χ0v) is 15.3. The van der Waals surface area contributed by atoms with Gasteiger partial charge in [0.25, 0.3) is 0 Å². The first-order valence-corrected chi connectivity index (χ1v) is 9.08. The molecule has 1 aromatic carbocycles. The lowest BCUT2D eigenvalue weighted by molar-refractivity contribution is -0.142. The third-order valence-corrected chi connectivity index (χ3v) is 4.77. The fourth-order valence-corrected chi connectivity index (χ4v) is 3.19. The number of carbonyl (C=O) groups excluding carboxylic acids is 1. The Kier molecular flexibility index (Phi) is 6.13. The van der Waals surface area contributed by atoms with E-state index in [0.29, 0.717) is 48.0 Å². The Morgan fingerprint density at radius 2 is 1.89 bits per heavy atom. The Balaban J connectivity index is 1.54. The predicted molar refractivity (Wildman–Crippen MR) is 101 cm³/mol. The van der Waals surface area contributed by atoms with Gasteiger partial charge in [0.05, 0.1) is 10.9 Å². The van der Waals surface area contributed by atoms with Gasteiger partial charge in [0.1, 0.15) is 5.75 Å². The molecule has 1 aliphatic carbocycles. The zero-order valence-electron chi connectivity index (χ0n) is 14.5. The Hall–Kier alpha value is -2.80.